The van der Waals surface area contributed by atoms with E-state index in [1.165, 1.54) is 24.3 Å². The zero-order valence-corrected chi connectivity index (χ0v) is 16.8. The van der Waals surface area contributed by atoms with Gasteiger partial charge in [0.15, 0.2) is 0 Å². The van der Waals surface area contributed by atoms with Crippen LogP contribution in [0.5, 0.6) is 5.75 Å². The predicted molar refractivity (Wildman–Crippen MR) is 111 cm³/mol. The van der Waals surface area contributed by atoms with E-state index in [0.717, 1.165) is 16.7 Å². The second-order valence-electron chi connectivity index (χ2n) is 6.28. The van der Waals surface area contributed by atoms with E-state index in [1.54, 1.807) is 42.5 Å². The van der Waals surface area contributed by atoms with Crippen molar-refractivity contribution in [1.29, 1.82) is 0 Å². The molecule has 0 atom stereocenters. The summed E-state index contributed by atoms with van der Waals surface area (Å²) in [6.07, 6.45) is 1.76. The van der Waals surface area contributed by atoms with Gasteiger partial charge in [0, 0.05) is 0 Å². The highest BCUT2D eigenvalue weighted by molar-refractivity contribution is 9.10. The van der Waals surface area contributed by atoms with Crippen molar-refractivity contribution in [2.24, 2.45) is 0 Å². The minimum Gasteiger partial charge on any atom is -0.488 e. The number of hydrogen-bond donors (Lipinski definition) is 1. The fourth-order valence-corrected chi connectivity index (χ4v) is 3.36. The lowest BCUT2D eigenvalue weighted by Gasteiger charge is -2.11. The van der Waals surface area contributed by atoms with Crippen molar-refractivity contribution in [3.05, 3.63) is 106 Å². The summed E-state index contributed by atoms with van der Waals surface area (Å²) in [5.74, 6) is -1.02. The lowest BCUT2D eigenvalue weighted by atomic mass is 9.97. The number of carboxylic acid groups (broad SMARTS) is 1. The first-order chi connectivity index (χ1) is 13.9. The normalized spacial score (nSPS) is 10.4. The summed E-state index contributed by atoms with van der Waals surface area (Å²) >= 11 is 3.39. The topological polar surface area (TPSA) is 46.5 Å². The smallest absolute Gasteiger partial charge is 0.307 e. The van der Waals surface area contributed by atoms with Gasteiger partial charge in [-0.05, 0) is 80.7 Å². The van der Waals surface area contributed by atoms with Crippen LogP contribution >= 0.6 is 15.9 Å². The number of benzene rings is 3. The molecule has 0 aliphatic heterocycles. The summed E-state index contributed by atoms with van der Waals surface area (Å²) in [5.41, 5.74) is 2.99. The average Bonchev–Trinajstić information content (AvgIpc) is 2.68. The third-order valence-electron chi connectivity index (χ3n) is 4.19. The van der Waals surface area contributed by atoms with Gasteiger partial charge in [-0.15, -0.1) is 0 Å². The van der Waals surface area contributed by atoms with E-state index < -0.39 is 5.97 Å². The van der Waals surface area contributed by atoms with Crippen molar-refractivity contribution in [2.45, 2.75) is 6.42 Å². The molecule has 0 fully saturated rings. The fourth-order valence-electron chi connectivity index (χ4n) is 2.82. The highest BCUT2D eigenvalue weighted by atomic mass is 79.9. The van der Waals surface area contributed by atoms with Crippen LogP contribution in [0.25, 0.3) is 5.57 Å². The molecule has 0 aliphatic rings. The Kier molecular flexibility index (Phi) is 6.77. The van der Waals surface area contributed by atoms with Gasteiger partial charge in [0.2, 0.25) is 0 Å². The molecule has 0 heterocycles. The van der Waals surface area contributed by atoms with Crippen molar-refractivity contribution in [2.75, 3.05) is 6.61 Å². The molecule has 0 radical (unpaired) electrons. The first-order valence-electron chi connectivity index (χ1n) is 8.77. The second kappa shape index (κ2) is 9.47. The van der Waals surface area contributed by atoms with Crippen molar-refractivity contribution in [1.82, 2.24) is 0 Å². The quantitative estimate of drug-likeness (QED) is 0.481. The molecule has 3 aromatic rings. The molecule has 0 aromatic heterocycles. The van der Waals surface area contributed by atoms with Gasteiger partial charge in [-0.3, -0.25) is 4.79 Å². The number of carbonyl (C=O) groups is 1. The molecule has 3 rings (SSSR count). The highest BCUT2D eigenvalue weighted by Gasteiger charge is 2.08. The Morgan fingerprint density at radius 2 is 1.48 bits per heavy atom. The molecular formula is C23H17BrF2O3. The summed E-state index contributed by atoms with van der Waals surface area (Å²) < 4.78 is 33.0. The maximum absolute atomic E-state index is 13.3. The maximum atomic E-state index is 13.3. The summed E-state index contributed by atoms with van der Waals surface area (Å²) in [7, 11) is 0. The molecule has 0 unspecified atom stereocenters. The maximum Gasteiger partial charge on any atom is 0.307 e. The van der Waals surface area contributed by atoms with E-state index >= 15 is 0 Å². The summed E-state index contributed by atoms with van der Waals surface area (Å²) in [4.78, 5) is 10.8. The van der Waals surface area contributed by atoms with Gasteiger partial charge in [-0.1, -0.05) is 30.3 Å². The summed E-state index contributed by atoms with van der Waals surface area (Å²) in [6.45, 7) is 0.209. The molecule has 0 amide bonds. The third kappa shape index (κ3) is 5.74. The van der Waals surface area contributed by atoms with Gasteiger partial charge < -0.3 is 9.84 Å². The average molecular weight is 459 g/mol. The molecule has 3 nitrogen and oxygen atoms in total. The van der Waals surface area contributed by atoms with Crippen LogP contribution < -0.4 is 4.74 Å². The van der Waals surface area contributed by atoms with Gasteiger partial charge in [0.05, 0.1) is 10.9 Å². The van der Waals surface area contributed by atoms with Gasteiger partial charge in [0.1, 0.15) is 24.0 Å². The van der Waals surface area contributed by atoms with Crippen LogP contribution in [0.4, 0.5) is 8.78 Å². The van der Waals surface area contributed by atoms with Crippen molar-refractivity contribution in [3.63, 3.8) is 0 Å². The van der Waals surface area contributed by atoms with Crippen LogP contribution in [-0.2, 0) is 11.2 Å². The molecule has 6 heteroatoms. The van der Waals surface area contributed by atoms with E-state index in [9.17, 15) is 13.6 Å². The lowest BCUT2D eigenvalue weighted by molar-refractivity contribution is -0.136. The number of ether oxygens (including phenoxy) is 1. The zero-order chi connectivity index (χ0) is 20.8. The second-order valence-corrected chi connectivity index (χ2v) is 7.13. The molecule has 0 aliphatic carbocycles. The Bertz CT molecular complexity index is 981. The Morgan fingerprint density at radius 1 is 0.931 bits per heavy atom. The van der Waals surface area contributed by atoms with Gasteiger partial charge in [-0.25, -0.2) is 8.78 Å². The molecule has 1 N–H and O–H groups in total. The minimum atomic E-state index is -0.906. The molecule has 0 bridgehead atoms. The van der Waals surface area contributed by atoms with E-state index in [1.807, 2.05) is 6.08 Å². The standard InChI is InChI=1S/C23H17BrF2O3/c24-21-13-15(14-23(27)28)1-10-22(21)29-12-11-20(16-2-6-18(25)7-3-16)17-4-8-19(26)9-5-17/h1-11,13H,12,14H2,(H,27,28). The molecule has 0 saturated heterocycles. The van der Waals surface area contributed by atoms with Crippen LogP contribution in [0.2, 0.25) is 0 Å². The van der Waals surface area contributed by atoms with E-state index in [0.29, 0.717) is 15.8 Å². The van der Waals surface area contributed by atoms with Crippen molar-refractivity contribution < 1.29 is 23.4 Å². The SMILES string of the molecule is O=C(O)Cc1ccc(OCC=C(c2ccc(F)cc2)c2ccc(F)cc2)c(Br)c1. The largest absolute Gasteiger partial charge is 0.488 e. The Balaban J connectivity index is 1.82. The molecule has 148 valence electrons. The van der Waals surface area contributed by atoms with Crippen molar-refractivity contribution >= 4 is 27.5 Å². The molecule has 3 aromatic carbocycles. The molecule has 0 spiro atoms. The van der Waals surface area contributed by atoms with Crippen molar-refractivity contribution in [3.8, 4) is 5.75 Å². The minimum absolute atomic E-state index is 0.0714. The molecular weight excluding hydrogens is 442 g/mol. The monoisotopic (exact) mass is 458 g/mol. The van der Waals surface area contributed by atoms with E-state index in [4.69, 9.17) is 9.84 Å². The first kappa shape index (κ1) is 20.7. The Labute approximate surface area is 175 Å². The Morgan fingerprint density at radius 3 is 1.97 bits per heavy atom. The Hall–Kier alpha value is -2.99. The van der Waals surface area contributed by atoms with Crippen LogP contribution in [0.1, 0.15) is 16.7 Å². The predicted octanol–water partition coefficient (Wildman–Crippen LogP) is 5.87. The highest BCUT2D eigenvalue weighted by Crippen LogP contribution is 2.28. The molecule has 0 saturated carbocycles. The van der Waals surface area contributed by atoms with Crippen LogP contribution in [0, 0.1) is 11.6 Å². The van der Waals surface area contributed by atoms with Gasteiger partial charge in [0.25, 0.3) is 0 Å². The number of carboxylic acids is 1. The van der Waals surface area contributed by atoms with E-state index in [2.05, 4.69) is 15.9 Å². The zero-order valence-electron chi connectivity index (χ0n) is 15.2. The van der Waals surface area contributed by atoms with Gasteiger partial charge >= 0.3 is 5.97 Å². The number of aliphatic carboxylic acids is 1. The van der Waals surface area contributed by atoms with Gasteiger partial charge in [-0.2, -0.15) is 0 Å². The summed E-state index contributed by atoms with van der Waals surface area (Å²) in [6, 6.07) is 17.2. The van der Waals surface area contributed by atoms with Crippen LogP contribution in [-0.4, -0.2) is 17.7 Å². The van der Waals surface area contributed by atoms with Crippen LogP contribution in [0.15, 0.2) is 77.3 Å². The number of hydrogen-bond acceptors (Lipinski definition) is 2. The number of rotatable bonds is 7. The first-order valence-corrected chi connectivity index (χ1v) is 9.57. The molecule has 29 heavy (non-hydrogen) atoms. The summed E-state index contributed by atoms with van der Waals surface area (Å²) in [5, 5.41) is 8.88. The van der Waals surface area contributed by atoms with E-state index in [-0.39, 0.29) is 24.7 Å². The lowest BCUT2D eigenvalue weighted by Crippen LogP contribution is -2.01. The number of halogens is 3. The fraction of sp³-hybridized carbons (Fsp3) is 0.0870. The van der Waals surface area contributed by atoms with Crippen LogP contribution in [0.3, 0.4) is 0 Å². The third-order valence-corrected chi connectivity index (χ3v) is 4.81.